The van der Waals surface area contributed by atoms with Crippen LogP contribution in [0.25, 0.3) is 0 Å². The second kappa shape index (κ2) is 6.22. The number of carboxylic acid groups (broad SMARTS) is 1. The number of nitrogens with one attached hydrogen (secondary N) is 2. The van der Waals surface area contributed by atoms with Gasteiger partial charge in [-0.25, -0.2) is 9.18 Å². The lowest BCUT2D eigenvalue weighted by atomic mass is 9.76. The van der Waals surface area contributed by atoms with Crippen molar-refractivity contribution in [3.05, 3.63) is 29.6 Å². The summed E-state index contributed by atoms with van der Waals surface area (Å²) in [6, 6.07) is 3.74. The number of carboxylic acids is 1. The maximum Gasteiger partial charge on any atom is 0.337 e. The van der Waals surface area contributed by atoms with Gasteiger partial charge in [0.25, 0.3) is 0 Å². The van der Waals surface area contributed by atoms with E-state index in [0.29, 0.717) is 19.3 Å². The molecule has 0 atom stereocenters. The quantitative estimate of drug-likeness (QED) is 0.796. The van der Waals surface area contributed by atoms with Crippen LogP contribution in [-0.2, 0) is 4.79 Å². The van der Waals surface area contributed by atoms with E-state index in [0.717, 1.165) is 19.2 Å². The van der Waals surface area contributed by atoms with Gasteiger partial charge in [0.05, 0.1) is 16.7 Å². The first kappa shape index (κ1) is 15.4. The van der Waals surface area contributed by atoms with Gasteiger partial charge in [0, 0.05) is 0 Å². The molecule has 0 unspecified atom stereocenters. The Morgan fingerprint density at radius 3 is 2.62 bits per heavy atom. The molecule has 0 saturated carbocycles. The highest BCUT2D eigenvalue weighted by molar-refractivity contribution is 6.02. The molecule has 6 heteroatoms. The second-order valence-corrected chi connectivity index (χ2v) is 5.31. The third-order valence-electron chi connectivity index (χ3n) is 4.20. The monoisotopic (exact) mass is 294 g/mol. The zero-order chi connectivity index (χ0) is 15.5. The molecule has 0 radical (unpaired) electrons. The van der Waals surface area contributed by atoms with Gasteiger partial charge in [-0.2, -0.15) is 0 Å². The number of carbonyl (C=O) groups excluding carboxylic acids is 1. The predicted molar refractivity (Wildman–Crippen MR) is 76.8 cm³/mol. The van der Waals surface area contributed by atoms with Gasteiger partial charge in [0.15, 0.2) is 0 Å². The molecule has 5 nitrogen and oxygen atoms in total. The van der Waals surface area contributed by atoms with Gasteiger partial charge in [0.2, 0.25) is 5.91 Å². The standard InChI is InChI=1S/C15H19FN2O3/c1-2-15(6-8-17-9-7-15)14(21)18-12-10(13(19)20)4-3-5-11(12)16/h3-5,17H,2,6-9H2,1H3,(H,18,21)(H,19,20). The molecule has 1 amide bonds. The van der Waals surface area contributed by atoms with Crippen LogP contribution in [0.15, 0.2) is 18.2 Å². The first-order valence-electron chi connectivity index (χ1n) is 7.04. The molecule has 21 heavy (non-hydrogen) atoms. The number of rotatable bonds is 4. The maximum atomic E-state index is 13.9. The zero-order valence-corrected chi connectivity index (χ0v) is 11.9. The molecule has 1 fully saturated rings. The largest absolute Gasteiger partial charge is 0.478 e. The maximum absolute atomic E-state index is 13.9. The van der Waals surface area contributed by atoms with Crippen LogP contribution >= 0.6 is 0 Å². The topological polar surface area (TPSA) is 78.4 Å². The number of para-hydroxylation sites is 1. The highest BCUT2D eigenvalue weighted by Gasteiger charge is 2.38. The molecule has 0 aliphatic carbocycles. The number of hydrogen-bond donors (Lipinski definition) is 3. The number of halogens is 1. The predicted octanol–water partition coefficient (Wildman–Crippen LogP) is 2.24. The zero-order valence-electron chi connectivity index (χ0n) is 11.9. The average molecular weight is 294 g/mol. The second-order valence-electron chi connectivity index (χ2n) is 5.31. The van der Waals surface area contributed by atoms with Crippen molar-refractivity contribution in [1.29, 1.82) is 0 Å². The van der Waals surface area contributed by atoms with Crippen molar-refractivity contribution in [1.82, 2.24) is 5.32 Å². The summed E-state index contributed by atoms with van der Waals surface area (Å²) in [6.45, 7) is 3.37. The summed E-state index contributed by atoms with van der Waals surface area (Å²) in [5.74, 6) is -2.30. The van der Waals surface area contributed by atoms with E-state index < -0.39 is 17.2 Å². The van der Waals surface area contributed by atoms with Crippen molar-refractivity contribution in [3.8, 4) is 0 Å². The third-order valence-corrected chi connectivity index (χ3v) is 4.20. The van der Waals surface area contributed by atoms with Gasteiger partial charge in [-0.15, -0.1) is 0 Å². The molecular formula is C15H19FN2O3. The Balaban J connectivity index is 2.29. The molecule has 1 aromatic carbocycles. The van der Waals surface area contributed by atoms with Gasteiger partial charge in [-0.3, -0.25) is 4.79 Å². The number of piperidine rings is 1. The third kappa shape index (κ3) is 3.05. The Labute approximate surface area is 122 Å². The molecule has 0 aromatic heterocycles. The van der Waals surface area contributed by atoms with Gasteiger partial charge < -0.3 is 15.7 Å². The van der Waals surface area contributed by atoms with Crippen LogP contribution in [0.2, 0.25) is 0 Å². The molecule has 1 heterocycles. The molecule has 1 aromatic rings. The van der Waals surface area contributed by atoms with Gasteiger partial charge >= 0.3 is 5.97 Å². The van der Waals surface area contributed by atoms with Crippen LogP contribution < -0.4 is 10.6 Å². The molecule has 1 aliphatic rings. The van der Waals surface area contributed by atoms with Crippen LogP contribution in [0.3, 0.4) is 0 Å². The molecule has 3 N–H and O–H groups in total. The Kier molecular flexibility index (Phi) is 4.57. The summed E-state index contributed by atoms with van der Waals surface area (Å²) >= 11 is 0. The van der Waals surface area contributed by atoms with Gasteiger partial charge in [-0.1, -0.05) is 13.0 Å². The minimum absolute atomic E-state index is 0.233. The molecular weight excluding hydrogens is 275 g/mol. The lowest BCUT2D eigenvalue weighted by molar-refractivity contribution is -0.127. The summed E-state index contributed by atoms with van der Waals surface area (Å²) in [5, 5.41) is 14.8. The van der Waals surface area contributed by atoms with Crippen LogP contribution in [0.1, 0.15) is 36.5 Å². The van der Waals surface area contributed by atoms with E-state index >= 15 is 0 Å². The van der Waals surface area contributed by atoms with Crippen LogP contribution in [0.5, 0.6) is 0 Å². The lowest BCUT2D eigenvalue weighted by Crippen LogP contribution is -2.44. The van der Waals surface area contributed by atoms with E-state index in [1.807, 2.05) is 6.92 Å². The smallest absolute Gasteiger partial charge is 0.337 e. The van der Waals surface area contributed by atoms with E-state index in [9.17, 15) is 14.0 Å². The Morgan fingerprint density at radius 2 is 2.05 bits per heavy atom. The fraction of sp³-hybridized carbons (Fsp3) is 0.467. The Morgan fingerprint density at radius 1 is 1.38 bits per heavy atom. The van der Waals surface area contributed by atoms with Crippen molar-refractivity contribution in [3.63, 3.8) is 0 Å². The molecule has 114 valence electrons. The van der Waals surface area contributed by atoms with E-state index in [-0.39, 0.29) is 17.2 Å². The first-order chi connectivity index (χ1) is 10.00. The van der Waals surface area contributed by atoms with Crippen LogP contribution in [0.4, 0.5) is 10.1 Å². The number of carbonyl (C=O) groups is 2. The summed E-state index contributed by atoms with van der Waals surface area (Å²) in [7, 11) is 0. The Hall–Kier alpha value is -1.95. The van der Waals surface area contributed by atoms with Crippen molar-refractivity contribution in [2.45, 2.75) is 26.2 Å². The normalized spacial score (nSPS) is 17.2. The summed E-state index contributed by atoms with van der Waals surface area (Å²) in [5.41, 5.74) is -1.05. The van der Waals surface area contributed by atoms with E-state index in [4.69, 9.17) is 5.11 Å². The van der Waals surface area contributed by atoms with E-state index in [1.54, 1.807) is 0 Å². The molecule has 1 aliphatic heterocycles. The molecule has 2 rings (SSSR count). The minimum atomic E-state index is -1.26. The lowest BCUT2D eigenvalue weighted by Gasteiger charge is -2.35. The fourth-order valence-electron chi connectivity index (χ4n) is 2.72. The number of hydrogen-bond acceptors (Lipinski definition) is 3. The fourth-order valence-corrected chi connectivity index (χ4v) is 2.72. The molecule has 0 spiro atoms. The summed E-state index contributed by atoms with van der Waals surface area (Å²) < 4.78 is 13.9. The Bertz CT molecular complexity index is 554. The van der Waals surface area contributed by atoms with E-state index in [2.05, 4.69) is 10.6 Å². The van der Waals surface area contributed by atoms with Crippen molar-refractivity contribution in [2.75, 3.05) is 18.4 Å². The van der Waals surface area contributed by atoms with Crippen molar-refractivity contribution in [2.24, 2.45) is 5.41 Å². The number of anilines is 1. The highest BCUT2D eigenvalue weighted by atomic mass is 19.1. The number of benzene rings is 1. The molecule has 0 bridgehead atoms. The van der Waals surface area contributed by atoms with Gasteiger partial charge in [0.1, 0.15) is 5.82 Å². The van der Waals surface area contributed by atoms with Crippen LogP contribution in [-0.4, -0.2) is 30.1 Å². The van der Waals surface area contributed by atoms with Gasteiger partial charge in [-0.05, 0) is 44.5 Å². The number of aromatic carboxylic acids is 1. The molecule has 1 saturated heterocycles. The van der Waals surface area contributed by atoms with E-state index in [1.165, 1.54) is 12.1 Å². The summed E-state index contributed by atoms with van der Waals surface area (Å²) in [4.78, 5) is 23.7. The average Bonchev–Trinajstić information content (AvgIpc) is 2.49. The van der Waals surface area contributed by atoms with Crippen molar-refractivity contribution < 1.29 is 19.1 Å². The minimum Gasteiger partial charge on any atom is -0.478 e. The van der Waals surface area contributed by atoms with Crippen molar-refractivity contribution >= 4 is 17.6 Å². The van der Waals surface area contributed by atoms with Crippen LogP contribution in [0, 0.1) is 11.2 Å². The highest BCUT2D eigenvalue weighted by Crippen LogP contribution is 2.34. The number of amides is 1. The first-order valence-corrected chi connectivity index (χ1v) is 7.04. The summed E-state index contributed by atoms with van der Waals surface area (Å²) in [6.07, 6.45) is 1.95. The SMILES string of the molecule is CCC1(C(=O)Nc2c(F)cccc2C(=O)O)CCNCC1.